The number of aryl methyl sites for hydroxylation is 1. The zero-order valence-electron chi connectivity index (χ0n) is 13.7. The molecule has 0 unspecified atom stereocenters. The first-order valence-electron chi connectivity index (χ1n) is 7.86. The molecule has 4 atom stereocenters. The lowest BCUT2D eigenvalue weighted by atomic mass is 10.2. The summed E-state index contributed by atoms with van der Waals surface area (Å²) in [7, 11) is 0. The van der Waals surface area contributed by atoms with Crippen LogP contribution >= 0.6 is 12.2 Å². The van der Waals surface area contributed by atoms with Gasteiger partial charge in [-0.3, -0.25) is 9.55 Å². The molecule has 26 heavy (non-hydrogen) atoms. The molecule has 1 saturated heterocycles. The highest BCUT2D eigenvalue weighted by Gasteiger charge is 2.47. The number of H-pyrrole nitrogens is 1. The van der Waals surface area contributed by atoms with Crippen molar-refractivity contribution in [3.05, 3.63) is 62.8 Å². The van der Waals surface area contributed by atoms with Crippen LogP contribution in [0, 0.1) is 11.6 Å². The van der Waals surface area contributed by atoms with E-state index in [2.05, 4.69) is 4.98 Å². The second-order valence-electron chi connectivity index (χ2n) is 5.90. The highest BCUT2D eigenvalue weighted by molar-refractivity contribution is 7.71. The van der Waals surface area contributed by atoms with Crippen LogP contribution in [0.4, 0.5) is 8.78 Å². The van der Waals surface area contributed by atoms with Gasteiger partial charge in [-0.1, -0.05) is 30.4 Å². The fourth-order valence-electron chi connectivity index (χ4n) is 2.63. The topological polar surface area (TPSA) is 73.3 Å². The molecule has 1 aromatic heterocycles. The van der Waals surface area contributed by atoms with Crippen molar-refractivity contribution >= 4 is 18.2 Å². The Morgan fingerprint density at radius 1 is 1.31 bits per heavy atom. The maximum absolute atomic E-state index is 14.3. The van der Waals surface area contributed by atoms with Gasteiger partial charge in [-0.2, -0.15) is 0 Å². The van der Waals surface area contributed by atoms with Gasteiger partial charge in [0.15, 0.2) is 18.6 Å². The van der Waals surface area contributed by atoms with Gasteiger partial charge in [0.25, 0.3) is 0 Å². The third-order valence-corrected chi connectivity index (χ3v) is 4.48. The van der Waals surface area contributed by atoms with Crippen molar-refractivity contribution in [2.75, 3.05) is 6.61 Å². The Labute approximate surface area is 152 Å². The number of carbonyl (C=O) groups is 1. The first-order chi connectivity index (χ1) is 12.4. The van der Waals surface area contributed by atoms with Crippen LogP contribution in [0.25, 0.3) is 0 Å². The van der Waals surface area contributed by atoms with Crippen LogP contribution in [0.2, 0.25) is 0 Å². The summed E-state index contributed by atoms with van der Waals surface area (Å²) in [6, 6.07) is 8.13. The van der Waals surface area contributed by atoms with Crippen LogP contribution in [-0.2, 0) is 9.47 Å². The first kappa shape index (κ1) is 18.4. The summed E-state index contributed by atoms with van der Waals surface area (Å²) < 4.78 is 40.0. The Kier molecular flexibility index (Phi) is 5.28. The number of aromatic nitrogens is 2. The molecule has 1 fully saturated rings. The molecule has 2 aromatic rings. The van der Waals surface area contributed by atoms with E-state index in [1.165, 1.54) is 6.20 Å². The number of halogens is 2. The Hall–Kier alpha value is -2.39. The fraction of sp³-hybridized carbons (Fsp3) is 0.353. The van der Waals surface area contributed by atoms with Crippen LogP contribution in [0.15, 0.2) is 41.3 Å². The molecule has 138 valence electrons. The van der Waals surface area contributed by atoms with Gasteiger partial charge in [0.05, 0.1) is 5.56 Å². The lowest BCUT2D eigenvalue weighted by molar-refractivity contribution is -0.0502. The number of benzene rings is 1. The zero-order valence-corrected chi connectivity index (χ0v) is 14.5. The minimum Gasteiger partial charge on any atom is -0.459 e. The Bertz CT molecular complexity index is 915. The highest BCUT2D eigenvalue weighted by atomic mass is 32.1. The van der Waals surface area contributed by atoms with E-state index >= 15 is 0 Å². The van der Waals surface area contributed by atoms with E-state index in [4.69, 9.17) is 21.7 Å². The molecule has 1 aliphatic heterocycles. The van der Waals surface area contributed by atoms with E-state index in [1.54, 1.807) is 37.3 Å². The second-order valence-corrected chi connectivity index (χ2v) is 6.31. The monoisotopic (exact) mass is 382 g/mol. The Morgan fingerprint density at radius 3 is 2.69 bits per heavy atom. The molecule has 2 heterocycles. The van der Waals surface area contributed by atoms with Crippen molar-refractivity contribution in [3.8, 4) is 0 Å². The van der Waals surface area contributed by atoms with E-state index in [1.807, 2.05) is 0 Å². The van der Waals surface area contributed by atoms with E-state index < -0.39 is 42.9 Å². The second kappa shape index (κ2) is 7.46. The van der Waals surface area contributed by atoms with Gasteiger partial charge in [0.1, 0.15) is 17.4 Å². The quantitative estimate of drug-likeness (QED) is 0.650. The number of nitrogens with one attached hydrogen (secondary N) is 1. The summed E-state index contributed by atoms with van der Waals surface area (Å²) >= 11 is 4.93. The van der Waals surface area contributed by atoms with Crippen molar-refractivity contribution < 1.29 is 23.0 Å². The number of hydrogen-bond acceptors (Lipinski definition) is 5. The van der Waals surface area contributed by atoms with E-state index in [0.29, 0.717) is 5.56 Å². The van der Waals surface area contributed by atoms with Gasteiger partial charge >= 0.3 is 11.7 Å². The number of nitrogens with zero attached hydrogens (tertiary/aromatic N) is 1. The standard InChI is InChI=1S/C17H16F2N2O4S/c1-9-7-21(17(23)20-14(9)26)15-13(19)12(18)11(25-15)8-24-16(22)10-5-3-2-4-6-10/h2-7,11-13,15H,8H2,1H3,(H,20,23,26)/t11-,12-,13+,15-/m1/s1. The van der Waals surface area contributed by atoms with Crippen molar-refractivity contribution in [3.63, 3.8) is 0 Å². The van der Waals surface area contributed by atoms with Crippen LogP contribution in [0.1, 0.15) is 22.1 Å². The average Bonchev–Trinajstić information content (AvgIpc) is 2.91. The summed E-state index contributed by atoms with van der Waals surface area (Å²) in [6.07, 6.45) is -5.61. The molecule has 1 aliphatic rings. The fourth-order valence-corrected chi connectivity index (χ4v) is 2.77. The van der Waals surface area contributed by atoms with Gasteiger partial charge in [-0.15, -0.1) is 0 Å². The normalized spacial score (nSPS) is 25.2. The van der Waals surface area contributed by atoms with Crippen molar-refractivity contribution in [2.45, 2.75) is 31.6 Å². The molecule has 0 bridgehead atoms. The maximum atomic E-state index is 14.3. The predicted octanol–water partition coefficient (Wildman–Crippen LogP) is 2.64. The van der Waals surface area contributed by atoms with Gasteiger partial charge in [-0.25, -0.2) is 18.4 Å². The van der Waals surface area contributed by atoms with Crippen molar-refractivity contribution in [1.82, 2.24) is 9.55 Å². The third-order valence-electron chi connectivity index (χ3n) is 4.05. The van der Waals surface area contributed by atoms with Gasteiger partial charge < -0.3 is 9.47 Å². The first-order valence-corrected chi connectivity index (χ1v) is 8.27. The lowest BCUT2D eigenvalue weighted by Crippen LogP contribution is -2.32. The molecule has 1 aromatic carbocycles. The number of hydrogen-bond donors (Lipinski definition) is 1. The Morgan fingerprint density at radius 2 is 2.00 bits per heavy atom. The molecule has 0 amide bonds. The largest absolute Gasteiger partial charge is 0.459 e. The lowest BCUT2D eigenvalue weighted by Gasteiger charge is -2.16. The SMILES string of the molecule is Cc1cn([C@@H]2O[C@H](COC(=O)c3ccccc3)[C@@H](F)[C@@H]2F)c(=O)[nH]c1=S. The highest BCUT2D eigenvalue weighted by Crippen LogP contribution is 2.33. The summed E-state index contributed by atoms with van der Waals surface area (Å²) in [5, 5.41) is 0. The molecule has 0 aliphatic carbocycles. The molecule has 0 radical (unpaired) electrons. The smallest absolute Gasteiger partial charge is 0.338 e. The predicted molar refractivity (Wildman–Crippen MR) is 91.1 cm³/mol. The number of alkyl halides is 2. The van der Waals surface area contributed by atoms with Crippen LogP contribution in [0.3, 0.4) is 0 Å². The molecule has 3 rings (SSSR count). The van der Waals surface area contributed by atoms with E-state index in [-0.39, 0.29) is 10.2 Å². The minimum absolute atomic E-state index is 0.213. The number of ether oxygens (including phenoxy) is 2. The number of carbonyl (C=O) groups excluding carboxylic acids is 1. The van der Waals surface area contributed by atoms with Crippen LogP contribution in [0.5, 0.6) is 0 Å². The zero-order chi connectivity index (χ0) is 18.8. The molecule has 9 heteroatoms. The van der Waals surface area contributed by atoms with Gasteiger partial charge in [0, 0.05) is 11.8 Å². The molecular formula is C17H16F2N2O4S. The third kappa shape index (κ3) is 3.58. The van der Waals surface area contributed by atoms with Gasteiger partial charge in [0.2, 0.25) is 0 Å². The van der Waals surface area contributed by atoms with E-state index in [0.717, 1.165) is 4.57 Å². The van der Waals surface area contributed by atoms with Gasteiger partial charge in [-0.05, 0) is 19.1 Å². The van der Waals surface area contributed by atoms with Crippen molar-refractivity contribution in [2.24, 2.45) is 0 Å². The summed E-state index contributed by atoms with van der Waals surface area (Å²) in [4.78, 5) is 26.3. The summed E-state index contributed by atoms with van der Waals surface area (Å²) in [5.41, 5.74) is 0.101. The molecule has 6 nitrogen and oxygen atoms in total. The van der Waals surface area contributed by atoms with Crippen molar-refractivity contribution in [1.29, 1.82) is 0 Å². The van der Waals surface area contributed by atoms with Crippen LogP contribution in [-0.4, -0.2) is 40.6 Å². The maximum Gasteiger partial charge on any atom is 0.338 e. The average molecular weight is 382 g/mol. The number of rotatable bonds is 4. The van der Waals surface area contributed by atoms with E-state index in [9.17, 15) is 18.4 Å². The molecular weight excluding hydrogens is 366 g/mol. The molecule has 1 N–H and O–H groups in total. The molecule has 0 saturated carbocycles. The number of aromatic amines is 1. The van der Waals surface area contributed by atoms with Crippen LogP contribution < -0.4 is 5.69 Å². The summed E-state index contributed by atoms with van der Waals surface area (Å²) in [5.74, 6) is -0.669. The summed E-state index contributed by atoms with van der Waals surface area (Å²) in [6.45, 7) is 1.16. The Balaban J connectivity index is 1.72. The number of esters is 1. The molecule has 0 spiro atoms. The minimum atomic E-state index is -2.09.